The second-order valence-electron chi connectivity index (χ2n) is 19.3. The Kier molecular flexibility index (Phi) is 16.5. The molecule has 0 unspecified atom stereocenters. The molecular formula is C58H31BF24N2O. The van der Waals surface area contributed by atoms with Crippen molar-refractivity contribution >= 4 is 55.3 Å². The first-order valence-corrected chi connectivity index (χ1v) is 24.3. The van der Waals surface area contributed by atoms with Crippen LogP contribution in [0.25, 0.3) is 32.8 Å². The van der Waals surface area contributed by atoms with E-state index in [1.54, 1.807) is 6.20 Å². The second kappa shape index (κ2) is 22.4. The van der Waals surface area contributed by atoms with Crippen LogP contribution >= 0.6 is 0 Å². The molecule has 0 aliphatic heterocycles. The molecule has 28 heteroatoms. The summed E-state index contributed by atoms with van der Waals surface area (Å²) < 4.78 is 343. The summed E-state index contributed by atoms with van der Waals surface area (Å²) >= 11 is 0. The van der Waals surface area contributed by atoms with Gasteiger partial charge in [-0.05, 0) is 51.9 Å². The summed E-state index contributed by atoms with van der Waals surface area (Å²) in [6, 6.07) is 19.6. The fourth-order valence-electron chi connectivity index (χ4n) is 9.96. The van der Waals surface area contributed by atoms with E-state index in [-0.39, 0.29) is 12.3 Å². The normalized spacial score (nSPS) is 13.2. The molecule has 0 saturated carbocycles. The monoisotopic (exact) mass is 1240 g/mol. The van der Waals surface area contributed by atoms with E-state index < -0.39 is 195 Å². The average molecular weight is 1240 g/mol. The van der Waals surface area contributed by atoms with Crippen LogP contribution in [0.3, 0.4) is 0 Å². The molecule has 0 radical (unpaired) electrons. The van der Waals surface area contributed by atoms with E-state index in [1.165, 1.54) is 10.8 Å². The first-order valence-electron chi connectivity index (χ1n) is 24.3. The van der Waals surface area contributed by atoms with Crippen LogP contribution in [0.1, 0.15) is 54.9 Å². The first-order chi connectivity index (χ1) is 39.6. The van der Waals surface area contributed by atoms with Gasteiger partial charge in [0.1, 0.15) is 6.15 Å². The predicted octanol–water partition coefficient (Wildman–Crippen LogP) is 16.4. The maximum absolute atomic E-state index is 14.2. The fourth-order valence-corrected chi connectivity index (χ4v) is 9.96. The van der Waals surface area contributed by atoms with Crippen LogP contribution in [0.4, 0.5) is 105 Å². The number of hydrogen-bond acceptors (Lipinski definition) is 2. The summed E-state index contributed by atoms with van der Waals surface area (Å²) in [5.74, 6) is 0.0765. The lowest BCUT2D eigenvalue weighted by molar-refractivity contribution is -0.672. The summed E-state index contributed by atoms with van der Waals surface area (Å²) in [6.45, 7) is 0.263. The minimum Gasteiger partial charge on any atom is -0.287 e. The van der Waals surface area contributed by atoms with Crippen molar-refractivity contribution in [1.82, 2.24) is 4.98 Å². The number of halogens is 24. The number of nitrogens with zero attached hydrogens (tertiary/aromatic N) is 2. The molecular weight excluding hydrogens is 1210 g/mol. The Morgan fingerprint density at radius 3 is 0.930 bits per heavy atom. The molecule has 0 N–H and O–H groups in total. The van der Waals surface area contributed by atoms with Crippen molar-refractivity contribution in [3.8, 4) is 11.3 Å². The van der Waals surface area contributed by atoms with Crippen molar-refractivity contribution < 1.29 is 115 Å². The molecule has 0 aliphatic rings. The summed E-state index contributed by atoms with van der Waals surface area (Å²) in [4.78, 5) is 17.3. The van der Waals surface area contributed by atoms with Gasteiger partial charge in [-0.15, -0.1) is 0 Å². The van der Waals surface area contributed by atoms with Crippen LogP contribution < -0.4 is 26.4 Å². The van der Waals surface area contributed by atoms with Gasteiger partial charge in [-0.1, -0.05) is 127 Å². The smallest absolute Gasteiger partial charge is 0.287 e. The van der Waals surface area contributed by atoms with E-state index >= 15 is 0 Å². The number of carbonyl (C=O) groups excluding carboxylic acids is 1. The first kappa shape index (κ1) is 63.4. The van der Waals surface area contributed by atoms with Gasteiger partial charge in [-0.2, -0.15) is 132 Å². The van der Waals surface area contributed by atoms with Crippen molar-refractivity contribution in [3.63, 3.8) is 0 Å². The highest BCUT2D eigenvalue weighted by molar-refractivity contribution is 7.20. The third kappa shape index (κ3) is 13.4. The van der Waals surface area contributed by atoms with Gasteiger partial charge in [0, 0.05) is 5.56 Å². The molecule has 1 heterocycles. The Morgan fingerprint density at radius 1 is 0.360 bits per heavy atom. The minimum atomic E-state index is -6.13. The molecule has 9 aromatic rings. The number of ketones is 1. The third-order valence-corrected chi connectivity index (χ3v) is 13.7. The van der Waals surface area contributed by atoms with Gasteiger partial charge in [0.25, 0.3) is 0 Å². The van der Waals surface area contributed by atoms with Gasteiger partial charge >= 0.3 is 49.4 Å². The van der Waals surface area contributed by atoms with E-state index in [9.17, 15) is 110 Å². The number of aromatic nitrogens is 2. The third-order valence-electron chi connectivity index (χ3n) is 13.7. The largest absolute Gasteiger partial charge is 0.416 e. The van der Waals surface area contributed by atoms with Crippen LogP contribution in [-0.2, 0) is 56.0 Å². The number of carbonyl (C=O) groups is 1. The van der Waals surface area contributed by atoms with E-state index in [1.807, 2.05) is 47.3 Å². The highest BCUT2D eigenvalue weighted by Gasteiger charge is 2.47. The van der Waals surface area contributed by atoms with Crippen molar-refractivity contribution in [2.75, 3.05) is 0 Å². The van der Waals surface area contributed by atoms with Gasteiger partial charge in [0.15, 0.2) is 6.20 Å². The zero-order valence-electron chi connectivity index (χ0n) is 42.4. The maximum Gasteiger partial charge on any atom is 0.416 e. The van der Waals surface area contributed by atoms with Crippen LogP contribution in [-0.4, -0.2) is 16.9 Å². The topological polar surface area (TPSA) is 33.8 Å². The van der Waals surface area contributed by atoms with E-state index in [0.29, 0.717) is 5.56 Å². The van der Waals surface area contributed by atoms with Gasteiger partial charge in [0.05, 0.1) is 62.5 Å². The molecule has 0 spiro atoms. The van der Waals surface area contributed by atoms with Crippen LogP contribution in [0.15, 0.2) is 176 Å². The average Bonchev–Trinajstić information content (AvgIpc) is 0.721. The molecule has 9 rings (SSSR count). The molecule has 86 heavy (non-hydrogen) atoms. The highest BCUT2D eigenvalue weighted by Crippen LogP contribution is 2.42. The maximum atomic E-state index is 14.2. The van der Waals surface area contributed by atoms with Crippen LogP contribution in [0.2, 0.25) is 0 Å². The molecule has 0 amide bonds. The lowest BCUT2D eigenvalue weighted by atomic mass is 9.12. The van der Waals surface area contributed by atoms with Crippen molar-refractivity contribution in [2.24, 2.45) is 0 Å². The predicted molar refractivity (Wildman–Crippen MR) is 266 cm³/mol. The zero-order chi connectivity index (χ0) is 63.5. The van der Waals surface area contributed by atoms with E-state index in [4.69, 9.17) is 0 Å². The Morgan fingerprint density at radius 2 is 0.640 bits per heavy atom. The number of hydrogen-bond donors (Lipinski definition) is 0. The number of alkyl halides is 24. The quantitative estimate of drug-likeness (QED) is 0.0499. The molecule has 0 aliphatic carbocycles. The summed E-state index contributed by atoms with van der Waals surface area (Å²) in [5, 5.41) is 4.65. The Balaban J connectivity index is 0.000000274. The number of benzene rings is 8. The molecule has 450 valence electrons. The van der Waals surface area contributed by atoms with Crippen molar-refractivity contribution in [1.29, 1.82) is 0 Å². The minimum absolute atomic E-state index is 0.0765. The highest BCUT2D eigenvalue weighted by atomic mass is 19.4. The zero-order valence-corrected chi connectivity index (χ0v) is 42.4. The van der Waals surface area contributed by atoms with E-state index in [0.717, 1.165) is 22.0 Å². The summed E-state index contributed by atoms with van der Waals surface area (Å²) in [7, 11) is 0. The number of Topliss-reactive ketones (excluding diaryl/α,β-unsaturated/α-hetero) is 1. The van der Waals surface area contributed by atoms with Gasteiger partial charge in [-0.3, -0.25) is 9.78 Å². The Bertz CT molecular complexity index is 3510. The van der Waals surface area contributed by atoms with Gasteiger partial charge in [-0.25, -0.2) is 0 Å². The molecule has 0 atom stereocenters. The van der Waals surface area contributed by atoms with Crippen LogP contribution in [0, 0.1) is 0 Å². The van der Waals surface area contributed by atoms with Crippen LogP contribution in [0.5, 0.6) is 0 Å². The molecule has 0 bridgehead atoms. The number of fused-ring (bicyclic) bond motifs is 2. The Labute approximate surface area is 467 Å². The molecule has 0 saturated heterocycles. The summed E-state index contributed by atoms with van der Waals surface area (Å²) in [5.41, 5.74) is -27.5. The molecule has 0 fully saturated rings. The lowest BCUT2D eigenvalue weighted by Crippen LogP contribution is -2.75. The van der Waals surface area contributed by atoms with Gasteiger partial charge in [0.2, 0.25) is 18.0 Å². The van der Waals surface area contributed by atoms with Gasteiger partial charge < -0.3 is 0 Å². The summed E-state index contributed by atoms with van der Waals surface area (Å²) in [6.07, 6.45) is -49.3. The lowest BCUT2D eigenvalue weighted by Gasteiger charge is -2.46. The standard InChI is InChI=1S/C32H12BF24.C26H19N2O/c34-25(35,36)13-1-14(26(37,38)39)6-21(5-13)33(22-7-15(27(40,41)42)2-16(8-22)28(43,44)45,23-9-17(29(46,47)48)3-18(10-23)30(49,50)51)24-11-19(31(52,53)54)4-20(12-24)32(55,56)57;29-25(19-8-2-1-3-9-19)18-28-15-14-27-17-24(28)26-22-12-6-4-10-20(22)16-21-11-5-7-13-23(21)26/h1-12H;1-17H,18H2/q-1;+1. The van der Waals surface area contributed by atoms with E-state index in [2.05, 4.69) is 59.6 Å². The molecule has 1 aromatic heterocycles. The molecule has 8 aromatic carbocycles. The van der Waals surface area contributed by atoms with Crippen molar-refractivity contribution in [2.45, 2.75) is 56.0 Å². The SMILES string of the molecule is FC(F)(F)c1cc([B-](c2cc(C(F)(F)F)cc(C(F)(F)F)c2)(c2cc(C(F)(F)F)cc(C(F)(F)F)c2)c2cc(C(F)(F)F)cc(C(F)(F)F)c2)cc(C(F)(F)F)c1.O=C(C[n+]1ccncc1-c1c2ccccc2cc2ccccc12)c1ccccc1. The Hall–Kier alpha value is -8.59. The molecule has 3 nitrogen and oxygen atoms in total. The second-order valence-corrected chi connectivity index (χ2v) is 19.3. The number of rotatable bonds is 8. The van der Waals surface area contributed by atoms with Crippen molar-refractivity contribution in [3.05, 3.63) is 226 Å². The fraction of sp³-hybridized carbons (Fsp3) is 0.155.